The van der Waals surface area contributed by atoms with Crippen LogP contribution in [0, 0.1) is 18.8 Å². The van der Waals surface area contributed by atoms with Gasteiger partial charge in [0, 0.05) is 5.56 Å². The Balaban J connectivity index is 1.83. The van der Waals surface area contributed by atoms with Crippen molar-refractivity contribution in [1.29, 1.82) is 0 Å². The molecule has 0 bridgehead atoms. The summed E-state index contributed by atoms with van der Waals surface area (Å²) in [4.78, 5) is 0. The van der Waals surface area contributed by atoms with Crippen molar-refractivity contribution in [2.45, 2.75) is 13.5 Å². The highest BCUT2D eigenvalue weighted by Crippen LogP contribution is 2.18. The Labute approximate surface area is 125 Å². The lowest BCUT2D eigenvalue weighted by atomic mass is 10.1. The van der Waals surface area contributed by atoms with Gasteiger partial charge in [-0.3, -0.25) is 0 Å². The van der Waals surface area contributed by atoms with Crippen molar-refractivity contribution in [3.63, 3.8) is 0 Å². The van der Waals surface area contributed by atoms with E-state index in [1.807, 2.05) is 55.5 Å². The van der Waals surface area contributed by atoms with E-state index in [1.165, 1.54) is 0 Å². The minimum Gasteiger partial charge on any atom is -0.467 e. The first-order valence-corrected chi connectivity index (χ1v) is 6.74. The molecule has 0 heterocycles. The van der Waals surface area contributed by atoms with E-state index in [2.05, 4.69) is 11.8 Å². The van der Waals surface area contributed by atoms with Crippen molar-refractivity contribution >= 4 is 0 Å². The number of aliphatic hydroxyl groups excluding tert-OH is 1. The van der Waals surface area contributed by atoms with Crippen molar-refractivity contribution in [2.24, 2.45) is 0 Å². The second-order valence-corrected chi connectivity index (χ2v) is 4.54. The van der Waals surface area contributed by atoms with Crippen molar-refractivity contribution in [1.82, 2.24) is 0 Å². The van der Waals surface area contributed by atoms with E-state index in [0.29, 0.717) is 6.61 Å². The van der Waals surface area contributed by atoms with Gasteiger partial charge in [-0.1, -0.05) is 42.2 Å². The zero-order chi connectivity index (χ0) is 14.9. The quantitative estimate of drug-likeness (QED) is 0.520. The van der Waals surface area contributed by atoms with Crippen LogP contribution in [0.25, 0.3) is 0 Å². The highest BCUT2D eigenvalue weighted by atomic mass is 16.7. The van der Waals surface area contributed by atoms with Gasteiger partial charge in [-0.15, -0.1) is 0 Å². The highest BCUT2D eigenvalue weighted by Gasteiger charge is 2.00. The number of benzene rings is 2. The van der Waals surface area contributed by atoms with Gasteiger partial charge in [0.25, 0.3) is 0 Å². The van der Waals surface area contributed by atoms with Gasteiger partial charge in [-0.2, -0.15) is 0 Å². The lowest BCUT2D eigenvalue weighted by Gasteiger charge is -2.10. The molecule has 0 amide bonds. The van der Waals surface area contributed by atoms with Crippen molar-refractivity contribution in [2.75, 3.05) is 13.4 Å². The summed E-state index contributed by atoms with van der Waals surface area (Å²) in [5.41, 5.74) is 2.97. The van der Waals surface area contributed by atoms with Crippen LogP contribution in [0.1, 0.15) is 16.7 Å². The lowest BCUT2D eigenvalue weighted by molar-refractivity contribution is 0.00468. The summed E-state index contributed by atoms with van der Waals surface area (Å²) in [5.74, 6) is 6.26. The van der Waals surface area contributed by atoms with Crippen LogP contribution in [-0.4, -0.2) is 18.5 Å². The van der Waals surface area contributed by atoms with Crippen LogP contribution in [0.4, 0.5) is 0 Å². The van der Waals surface area contributed by atoms with Crippen molar-refractivity contribution < 1.29 is 14.6 Å². The Bertz CT molecular complexity index is 624. The van der Waals surface area contributed by atoms with Crippen LogP contribution in [0.3, 0.4) is 0 Å². The molecule has 21 heavy (non-hydrogen) atoms. The fourth-order valence-corrected chi connectivity index (χ4v) is 1.87. The van der Waals surface area contributed by atoms with Crippen LogP contribution in [0.2, 0.25) is 0 Å². The minimum absolute atomic E-state index is 0.134. The standard InChI is InChI=1S/C18H18O3/c1-15-12-16(8-5-11-19)9-10-18(15)21-14-20-13-17-6-3-2-4-7-17/h2-4,6-7,9-10,12,19H,11,13-14H2,1H3. The predicted molar refractivity (Wildman–Crippen MR) is 81.9 cm³/mol. The van der Waals surface area contributed by atoms with Crippen molar-refractivity contribution in [3.8, 4) is 17.6 Å². The maximum absolute atomic E-state index is 8.67. The molecule has 0 aromatic heterocycles. The third-order valence-corrected chi connectivity index (χ3v) is 2.90. The molecular weight excluding hydrogens is 264 g/mol. The number of aryl methyl sites for hydroxylation is 1. The van der Waals surface area contributed by atoms with Crippen LogP contribution in [0.15, 0.2) is 48.5 Å². The molecule has 3 nitrogen and oxygen atoms in total. The molecule has 0 aliphatic heterocycles. The molecule has 0 unspecified atom stereocenters. The van der Waals surface area contributed by atoms with E-state index in [0.717, 1.165) is 22.4 Å². The zero-order valence-corrected chi connectivity index (χ0v) is 12.0. The molecule has 0 saturated carbocycles. The molecule has 0 atom stereocenters. The number of aliphatic hydroxyl groups is 1. The monoisotopic (exact) mass is 282 g/mol. The number of hydrogen-bond acceptors (Lipinski definition) is 3. The molecule has 3 heteroatoms. The van der Waals surface area contributed by atoms with E-state index < -0.39 is 0 Å². The van der Waals surface area contributed by atoms with Crippen LogP contribution >= 0.6 is 0 Å². The van der Waals surface area contributed by atoms with E-state index in [-0.39, 0.29) is 13.4 Å². The Morgan fingerprint density at radius 2 is 1.90 bits per heavy atom. The Hall–Kier alpha value is -2.28. The van der Waals surface area contributed by atoms with Crippen LogP contribution < -0.4 is 4.74 Å². The summed E-state index contributed by atoms with van der Waals surface area (Å²) >= 11 is 0. The summed E-state index contributed by atoms with van der Waals surface area (Å²) in [6, 6.07) is 15.6. The summed E-state index contributed by atoms with van der Waals surface area (Å²) < 4.78 is 11.1. The van der Waals surface area contributed by atoms with Crippen LogP contribution in [0.5, 0.6) is 5.75 Å². The van der Waals surface area contributed by atoms with E-state index in [1.54, 1.807) is 0 Å². The maximum atomic E-state index is 8.67. The lowest BCUT2D eigenvalue weighted by Crippen LogP contribution is -2.04. The van der Waals surface area contributed by atoms with Gasteiger partial charge in [0.2, 0.25) is 0 Å². The molecule has 0 aliphatic rings. The summed E-state index contributed by atoms with van der Waals surface area (Å²) in [6.07, 6.45) is 0. The van der Waals surface area contributed by atoms with Gasteiger partial charge in [0.1, 0.15) is 12.4 Å². The number of hydrogen-bond donors (Lipinski definition) is 1. The van der Waals surface area contributed by atoms with Gasteiger partial charge < -0.3 is 14.6 Å². The minimum atomic E-state index is -0.134. The summed E-state index contributed by atoms with van der Waals surface area (Å²) in [5, 5.41) is 8.67. The molecule has 2 aromatic rings. The van der Waals surface area contributed by atoms with Crippen LogP contribution in [-0.2, 0) is 11.3 Å². The smallest absolute Gasteiger partial charge is 0.189 e. The molecule has 0 fully saturated rings. The van der Waals surface area contributed by atoms with Gasteiger partial charge >= 0.3 is 0 Å². The Kier molecular flexibility index (Phi) is 5.83. The number of rotatable bonds is 5. The topological polar surface area (TPSA) is 38.7 Å². The largest absolute Gasteiger partial charge is 0.467 e. The molecular formula is C18H18O3. The first kappa shape index (κ1) is 15.1. The summed E-state index contributed by atoms with van der Waals surface area (Å²) in [6.45, 7) is 2.55. The Morgan fingerprint density at radius 1 is 1.10 bits per heavy atom. The SMILES string of the molecule is Cc1cc(C#CCO)ccc1OCOCc1ccccc1. The molecule has 0 spiro atoms. The first-order valence-electron chi connectivity index (χ1n) is 6.74. The van der Waals surface area contributed by atoms with E-state index >= 15 is 0 Å². The molecule has 0 saturated heterocycles. The molecule has 0 radical (unpaired) electrons. The molecule has 108 valence electrons. The molecule has 2 rings (SSSR count). The van der Waals surface area contributed by atoms with Gasteiger partial charge in [-0.05, 0) is 36.2 Å². The average molecular weight is 282 g/mol. The highest BCUT2D eigenvalue weighted by molar-refractivity contribution is 5.43. The molecule has 1 N–H and O–H groups in total. The molecule has 0 aliphatic carbocycles. The maximum Gasteiger partial charge on any atom is 0.189 e. The third kappa shape index (κ3) is 4.96. The van der Waals surface area contributed by atoms with Gasteiger partial charge in [0.05, 0.1) is 6.61 Å². The first-order chi connectivity index (χ1) is 10.3. The second kappa shape index (κ2) is 8.11. The van der Waals surface area contributed by atoms with Gasteiger partial charge in [-0.25, -0.2) is 0 Å². The number of ether oxygens (including phenoxy) is 2. The van der Waals surface area contributed by atoms with Crippen molar-refractivity contribution in [3.05, 3.63) is 65.2 Å². The predicted octanol–water partition coefficient (Wildman–Crippen LogP) is 2.89. The van der Waals surface area contributed by atoms with Gasteiger partial charge in [0.15, 0.2) is 6.79 Å². The fourth-order valence-electron chi connectivity index (χ4n) is 1.87. The second-order valence-electron chi connectivity index (χ2n) is 4.54. The summed E-state index contributed by atoms with van der Waals surface area (Å²) in [7, 11) is 0. The Morgan fingerprint density at radius 3 is 2.62 bits per heavy atom. The normalized spacial score (nSPS) is 9.81. The average Bonchev–Trinajstić information content (AvgIpc) is 2.52. The fraction of sp³-hybridized carbons (Fsp3) is 0.222. The zero-order valence-electron chi connectivity index (χ0n) is 12.0. The van der Waals surface area contributed by atoms with E-state index in [4.69, 9.17) is 14.6 Å². The molecule has 2 aromatic carbocycles. The van der Waals surface area contributed by atoms with E-state index in [9.17, 15) is 0 Å². The third-order valence-electron chi connectivity index (χ3n) is 2.90.